The molecule has 2 unspecified atom stereocenters. The average Bonchev–Trinajstić information content (AvgIpc) is 3.64. The fourth-order valence-electron chi connectivity index (χ4n) is 10.4. The van der Waals surface area contributed by atoms with Crippen LogP contribution in [0.15, 0.2) is 236 Å². The summed E-state index contributed by atoms with van der Waals surface area (Å²) in [4.78, 5) is 7.64. The highest BCUT2D eigenvalue weighted by Gasteiger charge is 2.51. The molecule has 0 aromatic heterocycles. The Kier molecular flexibility index (Phi) is 8.58. The SMILES string of the molecule is c1ccc(C2=NC(c3ccccc3)NC(c3ccccc3-c3ccccc3-c3ccc4c(c3)C3(c5ccccc5-4)c4ccccc4N(c4ccccc4)c4ccccc43)N2)cc1. The Morgan fingerprint density at radius 1 is 0.403 bits per heavy atom. The predicted octanol–water partition coefficient (Wildman–Crippen LogP) is 13.5. The molecule has 0 radical (unpaired) electrons. The van der Waals surface area contributed by atoms with Crippen molar-refractivity contribution in [1.29, 1.82) is 0 Å². The number of benzene rings is 9. The predicted molar refractivity (Wildman–Crippen MR) is 254 cm³/mol. The summed E-state index contributed by atoms with van der Waals surface area (Å²) in [5.74, 6) is 0.869. The van der Waals surface area contributed by atoms with Gasteiger partial charge >= 0.3 is 0 Å². The van der Waals surface area contributed by atoms with Crippen LogP contribution in [0.5, 0.6) is 0 Å². The quantitative estimate of drug-likeness (QED) is 0.176. The zero-order chi connectivity index (χ0) is 41.0. The standard InChI is InChI=1S/C58H42N4/c1-4-20-39(21-5-1)55-59-56(40-22-6-2-7-23-40)61-57(60-55)48-30-13-12-28-45(48)44-27-11-10-26-43(44)41-36-37-47-46-29-14-15-31-49(46)58(52(47)38-41)50-32-16-18-34-53(50)62(42-24-8-3-9-25-42)54-35-19-17-33-51(54)58/h1-38,55,57,60H,(H,59,61). The number of fused-ring (bicyclic) bond motifs is 9. The highest BCUT2D eigenvalue weighted by molar-refractivity contribution is 6.00. The van der Waals surface area contributed by atoms with E-state index in [1.807, 2.05) is 6.07 Å². The molecule has 62 heavy (non-hydrogen) atoms. The number of anilines is 3. The number of nitrogens with zero attached hydrogens (tertiary/aromatic N) is 2. The van der Waals surface area contributed by atoms with Gasteiger partial charge in [-0.25, -0.2) is 4.99 Å². The highest BCUT2D eigenvalue weighted by Crippen LogP contribution is 2.63. The van der Waals surface area contributed by atoms with Crippen LogP contribution in [0.2, 0.25) is 0 Å². The van der Waals surface area contributed by atoms with E-state index in [2.05, 4.69) is 240 Å². The van der Waals surface area contributed by atoms with Crippen LogP contribution in [0.1, 0.15) is 51.3 Å². The second-order valence-corrected chi connectivity index (χ2v) is 16.3. The summed E-state index contributed by atoms with van der Waals surface area (Å²) in [5.41, 5.74) is 18.8. The van der Waals surface area contributed by atoms with Gasteiger partial charge in [0.15, 0.2) is 0 Å². The first-order valence-electron chi connectivity index (χ1n) is 21.5. The molecule has 2 atom stereocenters. The fourth-order valence-corrected chi connectivity index (χ4v) is 10.4. The van der Waals surface area contributed by atoms with E-state index < -0.39 is 5.41 Å². The monoisotopic (exact) mass is 794 g/mol. The molecule has 1 spiro atoms. The molecular weight excluding hydrogens is 753 g/mol. The van der Waals surface area contributed by atoms with Crippen molar-refractivity contribution < 1.29 is 0 Å². The van der Waals surface area contributed by atoms with E-state index in [1.165, 1.54) is 67.0 Å². The first kappa shape index (κ1) is 36.1. The maximum Gasteiger partial charge on any atom is 0.131 e. The van der Waals surface area contributed by atoms with Gasteiger partial charge < -0.3 is 10.2 Å². The smallest absolute Gasteiger partial charge is 0.131 e. The molecule has 1 aliphatic carbocycles. The van der Waals surface area contributed by atoms with Crippen molar-refractivity contribution in [3.05, 3.63) is 269 Å². The normalized spacial score (nSPS) is 16.6. The van der Waals surface area contributed by atoms with Gasteiger partial charge in [-0.15, -0.1) is 0 Å². The highest BCUT2D eigenvalue weighted by atomic mass is 15.3. The first-order chi connectivity index (χ1) is 30.8. The van der Waals surface area contributed by atoms with E-state index >= 15 is 0 Å². The summed E-state index contributed by atoms with van der Waals surface area (Å²) in [6.07, 6.45) is -0.438. The van der Waals surface area contributed by atoms with Crippen molar-refractivity contribution >= 4 is 22.9 Å². The molecule has 9 aromatic rings. The minimum atomic E-state index is -0.539. The maximum absolute atomic E-state index is 5.20. The van der Waals surface area contributed by atoms with Gasteiger partial charge in [0.2, 0.25) is 0 Å². The Balaban J connectivity index is 1.03. The van der Waals surface area contributed by atoms with Gasteiger partial charge in [0.05, 0.1) is 16.8 Å². The summed E-state index contributed by atoms with van der Waals surface area (Å²) in [7, 11) is 0. The number of hydrogen-bond acceptors (Lipinski definition) is 4. The van der Waals surface area contributed by atoms with E-state index in [-0.39, 0.29) is 12.3 Å². The molecule has 0 bridgehead atoms. The Morgan fingerprint density at radius 2 is 0.935 bits per heavy atom. The number of aliphatic imine (C=N–C) groups is 1. The van der Waals surface area contributed by atoms with Crippen molar-refractivity contribution in [2.45, 2.75) is 17.7 Å². The van der Waals surface area contributed by atoms with E-state index in [4.69, 9.17) is 4.99 Å². The van der Waals surface area contributed by atoms with E-state index in [0.29, 0.717) is 0 Å². The summed E-state index contributed by atoms with van der Waals surface area (Å²) in [6, 6.07) is 83.7. The van der Waals surface area contributed by atoms with Crippen molar-refractivity contribution in [3.8, 4) is 33.4 Å². The lowest BCUT2D eigenvalue weighted by Gasteiger charge is -2.45. The van der Waals surface area contributed by atoms with Gasteiger partial charge in [-0.1, -0.05) is 200 Å². The minimum Gasteiger partial charge on any atom is -0.350 e. The average molecular weight is 795 g/mol. The van der Waals surface area contributed by atoms with Crippen molar-refractivity contribution in [2.24, 2.45) is 4.99 Å². The van der Waals surface area contributed by atoms with Gasteiger partial charge in [0.25, 0.3) is 0 Å². The summed E-state index contributed by atoms with van der Waals surface area (Å²) in [5, 5.41) is 7.68. The molecule has 2 N–H and O–H groups in total. The van der Waals surface area contributed by atoms with Crippen molar-refractivity contribution in [3.63, 3.8) is 0 Å². The van der Waals surface area contributed by atoms with Gasteiger partial charge in [0, 0.05) is 11.3 Å². The number of nitrogens with one attached hydrogen (secondary N) is 2. The number of amidine groups is 1. The molecule has 0 saturated heterocycles. The van der Waals surface area contributed by atoms with Gasteiger partial charge in [0.1, 0.15) is 18.2 Å². The number of hydrogen-bond donors (Lipinski definition) is 2. The fraction of sp³-hybridized carbons (Fsp3) is 0.0517. The number of para-hydroxylation sites is 3. The zero-order valence-corrected chi connectivity index (χ0v) is 34.0. The van der Waals surface area contributed by atoms with Gasteiger partial charge in [-0.3, -0.25) is 5.32 Å². The Morgan fingerprint density at radius 3 is 1.65 bits per heavy atom. The van der Waals surface area contributed by atoms with Crippen LogP contribution in [-0.4, -0.2) is 5.84 Å². The van der Waals surface area contributed by atoms with Crippen LogP contribution in [0, 0.1) is 0 Å². The van der Waals surface area contributed by atoms with Gasteiger partial charge in [-0.05, 0) is 97.1 Å². The third-order valence-electron chi connectivity index (χ3n) is 13.0. The third kappa shape index (κ3) is 5.61. The second kappa shape index (κ2) is 14.7. The Labute approximate surface area is 362 Å². The lowest BCUT2D eigenvalue weighted by atomic mass is 9.64. The van der Waals surface area contributed by atoms with Crippen LogP contribution in [-0.2, 0) is 5.41 Å². The second-order valence-electron chi connectivity index (χ2n) is 16.3. The molecule has 0 amide bonds. The summed E-state index contributed by atoms with van der Waals surface area (Å²) < 4.78 is 0. The molecule has 4 nitrogen and oxygen atoms in total. The topological polar surface area (TPSA) is 39.7 Å². The van der Waals surface area contributed by atoms with Crippen LogP contribution < -0.4 is 15.5 Å². The summed E-state index contributed by atoms with van der Waals surface area (Å²) in [6.45, 7) is 0. The minimum absolute atomic E-state index is 0.210. The first-order valence-corrected chi connectivity index (χ1v) is 21.5. The molecule has 4 heteroatoms. The largest absolute Gasteiger partial charge is 0.350 e. The zero-order valence-electron chi connectivity index (χ0n) is 34.0. The van der Waals surface area contributed by atoms with Crippen LogP contribution in [0.25, 0.3) is 33.4 Å². The molecule has 9 aromatic carbocycles. The molecule has 12 rings (SSSR count). The van der Waals surface area contributed by atoms with E-state index in [9.17, 15) is 0 Å². The van der Waals surface area contributed by atoms with E-state index in [1.54, 1.807) is 0 Å². The molecule has 0 fully saturated rings. The molecular formula is C58H42N4. The molecule has 0 saturated carbocycles. The van der Waals surface area contributed by atoms with Crippen LogP contribution >= 0.6 is 0 Å². The molecule has 3 aliphatic rings. The van der Waals surface area contributed by atoms with Crippen LogP contribution in [0.4, 0.5) is 17.1 Å². The lowest BCUT2D eigenvalue weighted by Crippen LogP contribution is -2.45. The lowest BCUT2D eigenvalue weighted by molar-refractivity contribution is 0.409. The molecule has 294 valence electrons. The van der Waals surface area contributed by atoms with E-state index in [0.717, 1.165) is 28.2 Å². The van der Waals surface area contributed by atoms with Crippen molar-refractivity contribution in [1.82, 2.24) is 10.6 Å². The molecule has 2 aliphatic heterocycles. The summed E-state index contributed by atoms with van der Waals surface area (Å²) >= 11 is 0. The van der Waals surface area contributed by atoms with Crippen molar-refractivity contribution in [2.75, 3.05) is 4.90 Å². The van der Waals surface area contributed by atoms with Gasteiger partial charge in [-0.2, -0.15) is 0 Å². The Hall–Kier alpha value is -7.79. The maximum atomic E-state index is 5.20. The Bertz CT molecular complexity index is 3110. The molecule has 2 heterocycles. The third-order valence-corrected chi connectivity index (χ3v) is 13.0. The number of rotatable bonds is 6. The van der Waals surface area contributed by atoms with Crippen LogP contribution in [0.3, 0.4) is 0 Å².